The number of rotatable bonds is 3. The minimum Gasteiger partial charge on any atom is -0.343 e. The minimum absolute atomic E-state index is 0.0912. The third-order valence-electron chi connectivity index (χ3n) is 3.75. The van der Waals surface area contributed by atoms with E-state index in [1.807, 2.05) is 23.8 Å². The lowest BCUT2D eigenvalue weighted by atomic mass is 10.2. The Kier molecular flexibility index (Phi) is 4.45. The molecule has 112 valence electrons. The number of anilines is 1. The van der Waals surface area contributed by atoms with Gasteiger partial charge in [-0.15, -0.1) is 11.3 Å². The van der Waals surface area contributed by atoms with Crippen molar-refractivity contribution in [3.8, 4) is 0 Å². The summed E-state index contributed by atoms with van der Waals surface area (Å²) in [5, 5.41) is 3.68. The normalized spacial score (nSPS) is 14.6. The third-order valence-corrected chi connectivity index (χ3v) is 5.26. The van der Waals surface area contributed by atoms with Crippen molar-refractivity contribution in [3.05, 3.63) is 33.0 Å². The first-order chi connectivity index (χ1) is 10.2. The van der Waals surface area contributed by atoms with Gasteiger partial charge in [0.15, 0.2) is 5.13 Å². The first-order valence-corrected chi connectivity index (χ1v) is 8.94. The van der Waals surface area contributed by atoms with Gasteiger partial charge in [-0.05, 0) is 54.6 Å². The quantitative estimate of drug-likeness (QED) is 0.824. The van der Waals surface area contributed by atoms with Gasteiger partial charge >= 0.3 is 0 Å². The molecule has 0 spiro atoms. The maximum Gasteiger partial charge on any atom is 0.274 e. The van der Waals surface area contributed by atoms with Crippen LogP contribution in [0.1, 0.15) is 47.2 Å². The fourth-order valence-electron chi connectivity index (χ4n) is 2.67. The highest BCUT2D eigenvalue weighted by molar-refractivity contribution is 9.10. The number of halogens is 1. The lowest BCUT2D eigenvalue weighted by Crippen LogP contribution is -2.16. The number of nitrogens with one attached hydrogen (secondary N) is 1. The molecule has 21 heavy (non-hydrogen) atoms. The summed E-state index contributed by atoms with van der Waals surface area (Å²) < 4.78 is 2.85. The smallest absolute Gasteiger partial charge is 0.274 e. The van der Waals surface area contributed by atoms with Gasteiger partial charge in [0.1, 0.15) is 5.69 Å². The first kappa shape index (κ1) is 14.8. The van der Waals surface area contributed by atoms with E-state index >= 15 is 0 Å². The van der Waals surface area contributed by atoms with Crippen LogP contribution >= 0.6 is 27.3 Å². The number of hydrogen-bond acceptors (Lipinski definition) is 3. The molecule has 0 aromatic carbocycles. The van der Waals surface area contributed by atoms with Crippen LogP contribution in [0.4, 0.5) is 5.13 Å². The van der Waals surface area contributed by atoms with Crippen molar-refractivity contribution < 1.29 is 4.79 Å². The molecule has 2 aromatic rings. The largest absolute Gasteiger partial charge is 0.343 e. The van der Waals surface area contributed by atoms with Gasteiger partial charge in [-0.1, -0.05) is 6.42 Å². The lowest BCUT2D eigenvalue weighted by Gasteiger charge is -2.05. The summed E-state index contributed by atoms with van der Waals surface area (Å²) in [6.45, 7) is 2.79. The third kappa shape index (κ3) is 3.21. The van der Waals surface area contributed by atoms with Gasteiger partial charge in [0.25, 0.3) is 5.91 Å². The molecule has 4 nitrogen and oxygen atoms in total. The number of nitrogens with zero attached hydrogens (tertiary/aromatic N) is 2. The van der Waals surface area contributed by atoms with Crippen molar-refractivity contribution in [3.63, 3.8) is 0 Å². The molecule has 1 aliphatic carbocycles. The number of aryl methyl sites for hydroxylation is 3. The molecular weight excluding hydrogens is 350 g/mol. The monoisotopic (exact) mass is 367 g/mol. The van der Waals surface area contributed by atoms with Crippen molar-refractivity contribution in [1.29, 1.82) is 0 Å². The molecule has 0 radical (unpaired) electrons. The first-order valence-electron chi connectivity index (χ1n) is 7.33. The molecule has 0 fully saturated rings. The maximum atomic E-state index is 12.4. The van der Waals surface area contributed by atoms with E-state index < -0.39 is 0 Å². The molecule has 1 N–H and O–H groups in total. The van der Waals surface area contributed by atoms with Crippen LogP contribution in [0.15, 0.2) is 16.7 Å². The van der Waals surface area contributed by atoms with Gasteiger partial charge in [-0.25, -0.2) is 4.98 Å². The minimum atomic E-state index is -0.0912. The molecule has 0 saturated carbocycles. The molecule has 3 rings (SSSR count). The summed E-state index contributed by atoms with van der Waals surface area (Å²) in [5.74, 6) is -0.0912. The van der Waals surface area contributed by atoms with Crippen LogP contribution in [0.3, 0.4) is 0 Å². The second-order valence-corrected chi connectivity index (χ2v) is 7.23. The number of thiazole rings is 1. The second-order valence-electron chi connectivity index (χ2n) is 5.23. The van der Waals surface area contributed by atoms with Crippen molar-refractivity contribution in [1.82, 2.24) is 9.55 Å². The number of aromatic nitrogens is 2. The van der Waals surface area contributed by atoms with E-state index in [2.05, 4.69) is 26.2 Å². The summed E-state index contributed by atoms with van der Waals surface area (Å²) in [6, 6.07) is 1.84. The Morgan fingerprint density at radius 2 is 2.24 bits per heavy atom. The van der Waals surface area contributed by atoms with Crippen molar-refractivity contribution in [2.24, 2.45) is 0 Å². The zero-order valence-corrected chi connectivity index (χ0v) is 14.4. The van der Waals surface area contributed by atoms with Crippen LogP contribution in [0, 0.1) is 0 Å². The van der Waals surface area contributed by atoms with E-state index in [1.165, 1.54) is 29.8 Å². The van der Waals surface area contributed by atoms with Gasteiger partial charge in [0, 0.05) is 22.1 Å². The van der Waals surface area contributed by atoms with E-state index in [0.717, 1.165) is 29.0 Å². The van der Waals surface area contributed by atoms with Crippen LogP contribution in [0.5, 0.6) is 0 Å². The number of hydrogen-bond donors (Lipinski definition) is 1. The molecular formula is C15H18BrN3OS. The molecule has 2 aromatic heterocycles. The summed E-state index contributed by atoms with van der Waals surface area (Å²) in [4.78, 5) is 18.3. The van der Waals surface area contributed by atoms with Crippen molar-refractivity contribution >= 4 is 38.3 Å². The van der Waals surface area contributed by atoms with Gasteiger partial charge < -0.3 is 4.57 Å². The number of amides is 1. The highest BCUT2D eigenvalue weighted by atomic mass is 79.9. The van der Waals surface area contributed by atoms with Crippen LogP contribution < -0.4 is 5.32 Å². The molecule has 0 unspecified atom stereocenters. The Bertz CT molecular complexity index is 638. The van der Waals surface area contributed by atoms with Crippen LogP contribution in [0.25, 0.3) is 0 Å². The van der Waals surface area contributed by atoms with E-state index in [1.54, 1.807) is 11.3 Å². The Morgan fingerprint density at radius 3 is 3.05 bits per heavy atom. The molecule has 2 heterocycles. The SMILES string of the molecule is CCn1cc(Br)cc1C(=O)Nc1nc2c(s1)CCCCC2. The van der Waals surface area contributed by atoms with Crippen LogP contribution in [-0.2, 0) is 19.4 Å². The predicted octanol–water partition coefficient (Wildman–Crippen LogP) is 4.25. The van der Waals surface area contributed by atoms with Gasteiger partial charge in [-0.3, -0.25) is 10.1 Å². The van der Waals surface area contributed by atoms with E-state index in [4.69, 9.17) is 0 Å². The Balaban J connectivity index is 1.78. The maximum absolute atomic E-state index is 12.4. The molecule has 0 atom stereocenters. The van der Waals surface area contributed by atoms with Gasteiger partial charge in [0.2, 0.25) is 0 Å². The Labute approximate surface area is 136 Å². The number of fused-ring (bicyclic) bond motifs is 1. The highest BCUT2D eigenvalue weighted by Crippen LogP contribution is 2.29. The highest BCUT2D eigenvalue weighted by Gasteiger charge is 2.17. The number of carbonyl (C=O) groups excluding carboxylic acids is 1. The van der Waals surface area contributed by atoms with Gasteiger partial charge in [-0.2, -0.15) is 0 Å². The summed E-state index contributed by atoms with van der Waals surface area (Å²) in [7, 11) is 0. The molecule has 0 bridgehead atoms. The lowest BCUT2D eigenvalue weighted by molar-refractivity contribution is 0.101. The molecule has 1 amide bonds. The Morgan fingerprint density at radius 1 is 1.43 bits per heavy atom. The van der Waals surface area contributed by atoms with E-state index in [9.17, 15) is 4.79 Å². The average molecular weight is 368 g/mol. The number of carbonyl (C=O) groups is 1. The van der Waals surface area contributed by atoms with Crippen LogP contribution in [0.2, 0.25) is 0 Å². The Hall–Kier alpha value is -1.14. The predicted molar refractivity (Wildman–Crippen MR) is 89.1 cm³/mol. The zero-order valence-electron chi connectivity index (χ0n) is 12.0. The van der Waals surface area contributed by atoms with E-state index in [-0.39, 0.29) is 5.91 Å². The van der Waals surface area contributed by atoms with Crippen molar-refractivity contribution in [2.75, 3.05) is 5.32 Å². The van der Waals surface area contributed by atoms with Crippen LogP contribution in [-0.4, -0.2) is 15.5 Å². The summed E-state index contributed by atoms with van der Waals surface area (Å²) in [6.07, 6.45) is 7.77. The summed E-state index contributed by atoms with van der Waals surface area (Å²) in [5.41, 5.74) is 1.84. The van der Waals surface area contributed by atoms with E-state index in [0.29, 0.717) is 5.69 Å². The molecule has 0 aliphatic heterocycles. The van der Waals surface area contributed by atoms with Crippen molar-refractivity contribution in [2.45, 2.75) is 45.6 Å². The molecule has 0 saturated heterocycles. The standard InChI is InChI=1S/C15H18BrN3OS/c1-2-19-9-10(16)8-12(19)14(20)18-15-17-11-6-4-3-5-7-13(11)21-15/h8-9H,2-7H2,1H3,(H,17,18,20). The fraction of sp³-hybridized carbons (Fsp3) is 0.467. The fourth-order valence-corrected chi connectivity index (χ4v) is 4.18. The van der Waals surface area contributed by atoms with Gasteiger partial charge in [0.05, 0.1) is 5.69 Å². The zero-order chi connectivity index (χ0) is 14.8. The topological polar surface area (TPSA) is 46.9 Å². The molecule has 1 aliphatic rings. The second kappa shape index (κ2) is 6.32. The summed E-state index contributed by atoms with van der Waals surface area (Å²) >= 11 is 5.05. The molecule has 6 heteroatoms. The average Bonchev–Trinajstić information content (AvgIpc) is 2.95.